The molecule has 1 aliphatic heterocycles. The Labute approximate surface area is 228 Å². The van der Waals surface area contributed by atoms with Gasteiger partial charge in [-0.25, -0.2) is 4.79 Å². The van der Waals surface area contributed by atoms with E-state index in [0.717, 1.165) is 29.0 Å². The number of amides is 1. The van der Waals surface area contributed by atoms with Gasteiger partial charge in [-0.15, -0.1) is 0 Å². The molecule has 8 nitrogen and oxygen atoms in total. The molecule has 8 heteroatoms. The summed E-state index contributed by atoms with van der Waals surface area (Å²) >= 11 is 0. The highest BCUT2D eigenvalue weighted by Gasteiger charge is 2.34. The van der Waals surface area contributed by atoms with E-state index in [1.807, 2.05) is 55.5 Å². The highest BCUT2D eigenvalue weighted by Crippen LogP contribution is 2.25. The first-order chi connectivity index (χ1) is 19.0. The maximum absolute atomic E-state index is 13.4. The number of rotatable bonds is 11. The number of nitrogens with zero attached hydrogens (tertiary/aromatic N) is 2. The Morgan fingerprint density at radius 2 is 1.72 bits per heavy atom. The third kappa shape index (κ3) is 7.25. The lowest BCUT2D eigenvalue weighted by Gasteiger charge is -2.13. The van der Waals surface area contributed by atoms with Crippen molar-refractivity contribution in [1.29, 1.82) is 0 Å². The fourth-order valence-electron chi connectivity index (χ4n) is 4.03. The Morgan fingerprint density at radius 1 is 0.974 bits per heavy atom. The van der Waals surface area contributed by atoms with Crippen LogP contribution in [0.5, 0.6) is 11.5 Å². The molecule has 0 atom stereocenters. The zero-order valence-corrected chi connectivity index (χ0v) is 22.4. The van der Waals surface area contributed by atoms with Gasteiger partial charge in [0.15, 0.2) is 5.76 Å². The lowest BCUT2D eigenvalue weighted by Crippen LogP contribution is -2.31. The van der Waals surface area contributed by atoms with Crippen LogP contribution in [0.15, 0.2) is 83.5 Å². The van der Waals surface area contributed by atoms with Gasteiger partial charge in [-0.1, -0.05) is 30.3 Å². The van der Waals surface area contributed by atoms with E-state index in [0.29, 0.717) is 30.8 Å². The molecule has 1 aliphatic rings. The Kier molecular flexibility index (Phi) is 9.34. The van der Waals surface area contributed by atoms with Crippen LogP contribution in [0.4, 0.5) is 5.69 Å². The van der Waals surface area contributed by atoms with E-state index < -0.39 is 5.97 Å². The molecule has 0 radical (unpaired) electrons. The van der Waals surface area contributed by atoms with E-state index in [1.54, 1.807) is 44.4 Å². The van der Waals surface area contributed by atoms with Gasteiger partial charge in [0.1, 0.15) is 11.5 Å². The van der Waals surface area contributed by atoms with Gasteiger partial charge in [0, 0.05) is 6.54 Å². The summed E-state index contributed by atoms with van der Waals surface area (Å²) in [5.41, 5.74) is 2.78. The minimum absolute atomic E-state index is 0.160. The first-order valence-electron chi connectivity index (χ1n) is 12.9. The fraction of sp³-hybridized carbons (Fsp3) is 0.258. The van der Waals surface area contributed by atoms with Crippen molar-refractivity contribution in [1.82, 2.24) is 4.90 Å². The van der Waals surface area contributed by atoms with Gasteiger partial charge < -0.3 is 18.9 Å². The quantitative estimate of drug-likeness (QED) is 0.231. The summed E-state index contributed by atoms with van der Waals surface area (Å²) in [5.74, 6) is 1.00. The van der Waals surface area contributed by atoms with Crippen molar-refractivity contribution >= 4 is 29.7 Å². The number of methoxy groups -OCH3 is 1. The van der Waals surface area contributed by atoms with Crippen molar-refractivity contribution in [2.45, 2.75) is 26.7 Å². The number of hydrogen-bond donors (Lipinski definition) is 0. The van der Waals surface area contributed by atoms with E-state index in [-0.39, 0.29) is 24.3 Å². The van der Waals surface area contributed by atoms with Gasteiger partial charge in [-0.3, -0.25) is 9.69 Å². The monoisotopic (exact) mass is 528 g/mol. The number of hydrogen-bond acceptors (Lipinski definition) is 7. The highest BCUT2D eigenvalue weighted by molar-refractivity contribution is 6.11. The van der Waals surface area contributed by atoms with Gasteiger partial charge in [0.05, 0.1) is 31.6 Å². The van der Waals surface area contributed by atoms with Crippen molar-refractivity contribution in [2.24, 2.45) is 4.99 Å². The van der Waals surface area contributed by atoms with Crippen LogP contribution in [-0.4, -0.2) is 49.7 Å². The standard InChI is InChI=1S/C31H32N2O6/c1-4-37-27-17-11-22(12-18-27)8-7-19-33-29(34)28(20-23-13-15-26(36-3)16-14-23)39-31(33)32-25-10-6-9-24(21-25)30(35)38-5-2/h6,9-18,20-21H,4-5,7-8,19H2,1-3H3/b28-20+,32-31-. The molecule has 0 bridgehead atoms. The van der Waals surface area contributed by atoms with Crippen molar-refractivity contribution in [3.63, 3.8) is 0 Å². The lowest BCUT2D eigenvalue weighted by atomic mass is 10.1. The molecule has 1 saturated heterocycles. The molecule has 202 valence electrons. The van der Waals surface area contributed by atoms with Crippen LogP contribution < -0.4 is 9.47 Å². The zero-order valence-electron chi connectivity index (χ0n) is 22.4. The molecule has 0 spiro atoms. The van der Waals surface area contributed by atoms with Gasteiger partial charge in [0.25, 0.3) is 5.91 Å². The third-order valence-electron chi connectivity index (χ3n) is 5.97. The Bertz CT molecular complexity index is 1350. The first-order valence-corrected chi connectivity index (χ1v) is 12.9. The number of aryl methyl sites for hydroxylation is 1. The number of aliphatic imine (C=N–C) groups is 1. The van der Waals surface area contributed by atoms with Crippen LogP contribution in [0.1, 0.15) is 41.8 Å². The Balaban J connectivity index is 1.56. The minimum Gasteiger partial charge on any atom is -0.497 e. The SMILES string of the molecule is CCOC(=O)c1cccc(/N=C2\O/C(=C/c3ccc(OC)cc3)C(=O)N2CCCc2ccc(OCC)cc2)c1. The number of ether oxygens (including phenoxy) is 4. The molecular weight excluding hydrogens is 496 g/mol. The van der Waals surface area contributed by atoms with Crippen LogP contribution in [0.2, 0.25) is 0 Å². The summed E-state index contributed by atoms with van der Waals surface area (Å²) in [7, 11) is 1.60. The molecule has 4 rings (SSSR count). The van der Waals surface area contributed by atoms with E-state index in [2.05, 4.69) is 4.99 Å². The predicted octanol–water partition coefficient (Wildman–Crippen LogP) is 5.79. The summed E-state index contributed by atoms with van der Waals surface area (Å²) < 4.78 is 21.8. The molecule has 0 saturated carbocycles. The van der Waals surface area contributed by atoms with Crippen LogP contribution in [0, 0.1) is 0 Å². The molecule has 3 aromatic carbocycles. The molecule has 3 aromatic rings. The first kappa shape index (κ1) is 27.4. The molecular formula is C31H32N2O6. The number of amidine groups is 1. The lowest BCUT2D eigenvalue weighted by molar-refractivity contribution is -0.122. The molecule has 0 N–H and O–H groups in total. The maximum Gasteiger partial charge on any atom is 0.338 e. The molecule has 39 heavy (non-hydrogen) atoms. The van der Waals surface area contributed by atoms with E-state index in [1.165, 1.54) is 4.90 Å². The minimum atomic E-state index is -0.435. The molecule has 0 unspecified atom stereocenters. The van der Waals surface area contributed by atoms with Crippen LogP contribution in [0.3, 0.4) is 0 Å². The molecule has 0 aliphatic carbocycles. The topological polar surface area (TPSA) is 86.7 Å². The Morgan fingerprint density at radius 3 is 2.41 bits per heavy atom. The Hall–Kier alpha value is -4.59. The summed E-state index contributed by atoms with van der Waals surface area (Å²) in [5, 5.41) is 0. The second-order valence-corrected chi connectivity index (χ2v) is 8.69. The summed E-state index contributed by atoms with van der Waals surface area (Å²) in [6.07, 6.45) is 3.14. The largest absolute Gasteiger partial charge is 0.497 e. The van der Waals surface area contributed by atoms with Gasteiger partial charge in [-0.2, -0.15) is 4.99 Å². The van der Waals surface area contributed by atoms with Crippen molar-refractivity contribution in [3.8, 4) is 11.5 Å². The summed E-state index contributed by atoms with van der Waals surface area (Å²) in [4.78, 5) is 31.7. The van der Waals surface area contributed by atoms with Crippen molar-refractivity contribution < 1.29 is 28.5 Å². The second-order valence-electron chi connectivity index (χ2n) is 8.69. The van der Waals surface area contributed by atoms with E-state index >= 15 is 0 Å². The number of carbonyl (C=O) groups excluding carboxylic acids is 2. The number of esters is 1. The predicted molar refractivity (Wildman–Crippen MR) is 149 cm³/mol. The maximum atomic E-state index is 13.4. The number of carbonyl (C=O) groups is 2. The molecule has 0 aromatic heterocycles. The van der Waals surface area contributed by atoms with Gasteiger partial charge in [-0.05, 0) is 86.4 Å². The van der Waals surface area contributed by atoms with Gasteiger partial charge in [0.2, 0.25) is 0 Å². The van der Waals surface area contributed by atoms with Crippen LogP contribution in [-0.2, 0) is 20.7 Å². The van der Waals surface area contributed by atoms with Crippen molar-refractivity contribution in [3.05, 3.63) is 95.2 Å². The second kappa shape index (κ2) is 13.3. The van der Waals surface area contributed by atoms with Crippen LogP contribution in [0.25, 0.3) is 6.08 Å². The molecule has 1 fully saturated rings. The average molecular weight is 529 g/mol. The fourth-order valence-corrected chi connectivity index (χ4v) is 4.03. The summed E-state index contributed by atoms with van der Waals surface area (Å²) in [6, 6.07) is 22.2. The highest BCUT2D eigenvalue weighted by atomic mass is 16.5. The van der Waals surface area contributed by atoms with E-state index in [9.17, 15) is 9.59 Å². The average Bonchev–Trinajstić information content (AvgIpc) is 3.23. The molecule has 1 heterocycles. The van der Waals surface area contributed by atoms with E-state index in [4.69, 9.17) is 18.9 Å². The number of benzene rings is 3. The molecule has 1 amide bonds. The summed E-state index contributed by atoms with van der Waals surface area (Å²) in [6.45, 7) is 5.00. The third-order valence-corrected chi connectivity index (χ3v) is 5.97. The smallest absolute Gasteiger partial charge is 0.338 e. The van der Waals surface area contributed by atoms with Gasteiger partial charge >= 0.3 is 12.0 Å². The van der Waals surface area contributed by atoms with Crippen LogP contribution >= 0.6 is 0 Å². The zero-order chi connectivity index (χ0) is 27.6. The normalized spacial score (nSPS) is 14.9. The van der Waals surface area contributed by atoms with Crippen molar-refractivity contribution in [2.75, 3.05) is 26.9 Å².